The van der Waals surface area contributed by atoms with Crippen molar-refractivity contribution in [1.29, 1.82) is 0 Å². The quantitative estimate of drug-likeness (QED) is 0.680. The molecule has 0 atom stereocenters. The van der Waals surface area contributed by atoms with E-state index in [4.69, 9.17) is 12.2 Å². The van der Waals surface area contributed by atoms with Crippen molar-refractivity contribution in [3.8, 4) is 0 Å². The second kappa shape index (κ2) is 4.11. The molecule has 0 aromatic heterocycles. The van der Waals surface area contributed by atoms with Crippen LogP contribution in [-0.2, 0) is 0 Å². The van der Waals surface area contributed by atoms with Crippen molar-refractivity contribution in [1.82, 2.24) is 4.90 Å². The first-order chi connectivity index (χ1) is 6.79. The molecule has 1 heterocycles. The third-order valence-corrected chi connectivity index (χ3v) is 3.45. The van der Waals surface area contributed by atoms with Crippen LogP contribution in [-0.4, -0.2) is 27.4 Å². The van der Waals surface area contributed by atoms with Crippen LogP contribution in [0.1, 0.15) is 10.4 Å². The fraction of sp³-hybridized carbons (Fsp3) is 0.200. The summed E-state index contributed by atoms with van der Waals surface area (Å²) in [6.45, 7) is 0.733. The number of rotatable bonds is 1. The van der Waals surface area contributed by atoms with Crippen LogP contribution < -0.4 is 0 Å². The predicted octanol–water partition coefficient (Wildman–Crippen LogP) is 2.16. The molecule has 2 nitrogen and oxygen atoms in total. The van der Waals surface area contributed by atoms with Gasteiger partial charge < -0.3 is 0 Å². The van der Waals surface area contributed by atoms with Gasteiger partial charge in [-0.1, -0.05) is 42.2 Å². The van der Waals surface area contributed by atoms with Gasteiger partial charge in [0.2, 0.25) is 0 Å². The molecule has 1 aromatic carbocycles. The summed E-state index contributed by atoms with van der Waals surface area (Å²) >= 11 is 6.65. The van der Waals surface area contributed by atoms with E-state index >= 15 is 0 Å². The number of carbonyl (C=O) groups is 1. The molecule has 0 radical (unpaired) electrons. The zero-order valence-electron chi connectivity index (χ0n) is 7.47. The van der Waals surface area contributed by atoms with Gasteiger partial charge in [-0.15, -0.1) is 0 Å². The third-order valence-electron chi connectivity index (χ3n) is 2.03. The monoisotopic (exact) mass is 223 g/mol. The Hall–Kier alpha value is -0.870. The van der Waals surface area contributed by atoms with Crippen LogP contribution in [0.15, 0.2) is 30.3 Å². The number of hydrogen-bond acceptors (Lipinski definition) is 3. The maximum absolute atomic E-state index is 11.9. The Bertz CT molecular complexity index is 364. The average Bonchev–Trinajstić information content (AvgIpc) is 2.65. The molecule has 2 rings (SSSR count). The van der Waals surface area contributed by atoms with E-state index in [1.165, 1.54) is 0 Å². The van der Waals surface area contributed by atoms with Gasteiger partial charge in [0.05, 0.1) is 0 Å². The van der Waals surface area contributed by atoms with E-state index in [9.17, 15) is 4.79 Å². The van der Waals surface area contributed by atoms with Crippen molar-refractivity contribution < 1.29 is 4.79 Å². The molecule has 0 N–H and O–H groups in total. The molecule has 1 saturated heterocycles. The maximum atomic E-state index is 11.9. The SMILES string of the molecule is O=C(c1ccccc1)N1CCSC1=S. The molecule has 1 aliphatic rings. The number of benzene rings is 1. The highest BCUT2D eigenvalue weighted by Gasteiger charge is 2.24. The Morgan fingerprint density at radius 2 is 2.07 bits per heavy atom. The molecule has 1 aliphatic heterocycles. The first-order valence-electron chi connectivity index (χ1n) is 4.33. The summed E-state index contributed by atoms with van der Waals surface area (Å²) in [6.07, 6.45) is 0. The fourth-order valence-corrected chi connectivity index (χ4v) is 2.52. The van der Waals surface area contributed by atoms with Crippen LogP contribution >= 0.6 is 24.0 Å². The molecule has 72 valence electrons. The molecule has 4 heteroatoms. The van der Waals surface area contributed by atoms with Crippen LogP contribution in [0.2, 0.25) is 0 Å². The summed E-state index contributed by atoms with van der Waals surface area (Å²) < 4.78 is 0.693. The van der Waals surface area contributed by atoms with Crippen molar-refractivity contribution in [2.24, 2.45) is 0 Å². The van der Waals surface area contributed by atoms with Gasteiger partial charge in [0.15, 0.2) is 0 Å². The number of amides is 1. The summed E-state index contributed by atoms with van der Waals surface area (Å²) in [5.41, 5.74) is 0.706. The van der Waals surface area contributed by atoms with Crippen molar-refractivity contribution in [3.05, 3.63) is 35.9 Å². The zero-order chi connectivity index (χ0) is 9.97. The van der Waals surface area contributed by atoms with Crippen LogP contribution in [0.3, 0.4) is 0 Å². The molecular formula is C10H9NOS2. The topological polar surface area (TPSA) is 20.3 Å². The van der Waals surface area contributed by atoms with Crippen LogP contribution in [0.5, 0.6) is 0 Å². The number of thiocarbonyl (C=S) groups is 1. The van der Waals surface area contributed by atoms with E-state index in [0.29, 0.717) is 9.88 Å². The van der Waals surface area contributed by atoms with Crippen molar-refractivity contribution in [2.45, 2.75) is 0 Å². The van der Waals surface area contributed by atoms with E-state index in [2.05, 4.69) is 0 Å². The highest BCUT2D eigenvalue weighted by atomic mass is 32.2. The summed E-state index contributed by atoms with van der Waals surface area (Å²) in [7, 11) is 0. The molecule has 1 fully saturated rings. The molecule has 1 aromatic rings. The van der Waals surface area contributed by atoms with E-state index in [1.807, 2.05) is 30.3 Å². The zero-order valence-corrected chi connectivity index (χ0v) is 9.11. The van der Waals surface area contributed by atoms with Crippen LogP contribution in [0.4, 0.5) is 0 Å². The summed E-state index contributed by atoms with van der Waals surface area (Å²) in [6, 6.07) is 9.24. The average molecular weight is 223 g/mol. The normalized spacial score (nSPS) is 16.0. The molecule has 0 spiro atoms. The molecule has 1 amide bonds. The Morgan fingerprint density at radius 1 is 1.36 bits per heavy atom. The summed E-state index contributed by atoms with van der Waals surface area (Å²) in [5.74, 6) is 0.929. The van der Waals surface area contributed by atoms with Gasteiger partial charge in [-0.2, -0.15) is 0 Å². The van der Waals surface area contributed by atoms with Gasteiger partial charge in [0.1, 0.15) is 4.32 Å². The van der Waals surface area contributed by atoms with Crippen LogP contribution in [0.25, 0.3) is 0 Å². The number of hydrogen-bond donors (Lipinski definition) is 0. The lowest BCUT2D eigenvalue weighted by Gasteiger charge is -2.14. The van der Waals surface area contributed by atoms with Gasteiger partial charge in [0.25, 0.3) is 5.91 Å². The molecule has 14 heavy (non-hydrogen) atoms. The lowest BCUT2D eigenvalue weighted by molar-refractivity contribution is 0.0861. The van der Waals surface area contributed by atoms with Gasteiger partial charge >= 0.3 is 0 Å². The van der Waals surface area contributed by atoms with Crippen molar-refractivity contribution >= 4 is 34.2 Å². The highest BCUT2D eigenvalue weighted by molar-refractivity contribution is 8.23. The second-order valence-electron chi connectivity index (χ2n) is 2.94. The maximum Gasteiger partial charge on any atom is 0.259 e. The fourth-order valence-electron chi connectivity index (χ4n) is 1.31. The summed E-state index contributed by atoms with van der Waals surface area (Å²) in [5, 5.41) is 0. The van der Waals surface area contributed by atoms with Gasteiger partial charge in [-0.25, -0.2) is 0 Å². The Kier molecular flexibility index (Phi) is 2.84. The minimum atomic E-state index is 0.0144. The number of nitrogens with zero attached hydrogens (tertiary/aromatic N) is 1. The number of carbonyl (C=O) groups excluding carboxylic acids is 1. The Balaban J connectivity index is 2.20. The third kappa shape index (κ3) is 1.81. The Labute approximate surface area is 92.3 Å². The predicted molar refractivity (Wildman–Crippen MR) is 62.5 cm³/mol. The van der Waals surface area contributed by atoms with E-state index in [-0.39, 0.29) is 5.91 Å². The first kappa shape index (κ1) is 9.68. The second-order valence-corrected chi connectivity index (χ2v) is 4.67. The van der Waals surface area contributed by atoms with E-state index in [1.54, 1.807) is 16.7 Å². The molecule has 0 bridgehead atoms. The molecule has 0 saturated carbocycles. The summed E-state index contributed by atoms with van der Waals surface area (Å²) in [4.78, 5) is 13.5. The smallest absolute Gasteiger partial charge is 0.259 e. The highest BCUT2D eigenvalue weighted by Crippen LogP contribution is 2.20. The van der Waals surface area contributed by atoms with Gasteiger partial charge in [-0.3, -0.25) is 9.69 Å². The van der Waals surface area contributed by atoms with Gasteiger partial charge in [0, 0.05) is 17.9 Å². The van der Waals surface area contributed by atoms with Crippen LogP contribution in [0, 0.1) is 0 Å². The molecule has 0 aliphatic carbocycles. The first-order valence-corrected chi connectivity index (χ1v) is 5.72. The van der Waals surface area contributed by atoms with Crippen molar-refractivity contribution in [2.75, 3.05) is 12.3 Å². The molecular weight excluding hydrogens is 214 g/mol. The lowest BCUT2D eigenvalue weighted by atomic mass is 10.2. The standard InChI is InChI=1S/C10H9NOS2/c12-9(8-4-2-1-3-5-8)11-6-7-14-10(11)13/h1-5H,6-7H2. The van der Waals surface area contributed by atoms with Gasteiger partial charge in [-0.05, 0) is 12.1 Å². The number of thioether (sulfide) groups is 1. The lowest BCUT2D eigenvalue weighted by Crippen LogP contribution is -2.30. The Morgan fingerprint density at radius 3 is 2.64 bits per heavy atom. The van der Waals surface area contributed by atoms with Crippen molar-refractivity contribution in [3.63, 3.8) is 0 Å². The minimum absolute atomic E-state index is 0.0144. The minimum Gasteiger partial charge on any atom is -0.293 e. The van der Waals surface area contributed by atoms with E-state index < -0.39 is 0 Å². The van der Waals surface area contributed by atoms with E-state index in [0.717, 1.165) is 12.3 Å². The molecule has 0 unspecified atom stereocenters. The largest absolute Gasteiger partial charge is 0.293 e.